The van der Waals surface area contributed by atoms with Crippen molar-refractivity contribution in [3.8, 4) is 0 Å². The number of pyridine rings is 1. The summed E-state index contributed by atoms with van der Waals surface area (Å²) in [5, 5.41) is 11.7. The molecule has 9 nitrogen and oxygen atoms in total. The third-order valence-electron chi connectivity index (χ3n) is 4.51. The molecule has 0 unspecified atom stereocenters. The van der Waals surface area contributed by atoms with Crippen LogP contribution in [0, 0.1) is 43.3 Å². The molecule has 1 saturated heterocycles. The number of aromatic nitrogens is 6. The van der Waals surface area contributed by atoms with Crippen LogP contribution >= 0.6 is 0 Å². The van der Waals surface area contributed by atoms with E-state index in [0.717, 1.165) is 30.9 Å². The van der Waals surface area contributed by atoms with Crippen LogP contribution in [-0.4, -0.2) is 49.1 Å². The molecule has 1 fully saturated rings. The van der Waals surface area contributed by atoms with Crippen LogP contribution in [0.25, 0.3) is 11.2 Å². The molecule has 0 aromatic carbocycles. The summed E-state index contributed by atoms with van der Waals surface area (Å²) in [4.78, 5) is 13.2. The van der Waals surface area contributed by atoms with E-state index >= 15 is 0 Å². The zero-order chi connectivity index (χ0) is 20.1. The van der Waals surface area contributed by atoms with E-state index in [1.165, 1.54) is 0 Å². The van der Waals surface area contributed by atoms with Crippen molar-refractivity contribution >= 4 is 17.1 Å². The molecule has 0 bridgehead atoms. The van der Waals surface area contributed by atoms with Gasteiger partial charge >= 0.3 is 31.1 Å². The Morgan fingerprint density at radius 2 is 2.13 bits per heavy atom. The SMILES string of the molecule is C[C-]=CC=[C-]c1nc(N)nc2c1nnn2Cc1cccc(CO[C@H]2CCNC2)n1.[U+2]. The Morgan fingerprint density at radius 1 is 1.27 bits per heavy atom. The van der Waals surface area contributed by atoms with Crippen molar-refractivity contribution in [1.29, 1.82) is 0 Å². The van der Waals surface area contributed by atoms with E-state index in [4.69, 9.17) is 10.5 Å². The second-order valence-electron chi connectivity index (χ2n) is 6.66. The Labute approximate surface area is 198 Å². The minimum absolute atomic E-state index is 0. The summed E-state index contributed by atoms with van der Waals surface area (Å²) < 4.78 is 7.57. The average molecular weight is 628 g/mol. The van der Waals surface area contributed by atoms with Gasteiger partial charge < -0.3 is 34.0 Å². The Balaban J connectivity index is 0.00000256. The number of nitrogen functional groups attached to an aromatic ring is 1. The number of anilines is 1. The Bertz CT molecular complexity index is 1040. The standard InChI is InChI=1S/C20H22N8O.U/c1-2-3-4-8-17-18-19(25-20(21)24-17)28(27-26-18)12-14-6-5-7-15(23-14)13-29-16-9-10-22-11-16;/h3-7,16,22H,9-13H2,1H3,(H2,21,24,25);/q-2;+2/t16-;/m0./s1. The summed E-state index contributed by atoms with van der Waals surface area (Å²) in [7, 11) is 0. The maximum Gasteiger partial charge on any atom is 2.00 e. The Hall–Kier alpha value is -2.12. The molecule has 0 aliphatic carbocycles. The van der Waals surface area contributed by atoms with Crippen molar-refractivity contribution in [2.75, 3.05) is 18.8 Å². The maximum absolute atomic E-state index is 5.91. The van der Waals surface area contributed by atoms with Crippen LogP contribution in [-0.2, 0) is 17.9 Å². The van der Waals surface area contributed by atoms with E-state index in [1.807, 2.05) is 18.2 Å². The molecule has 4 rings (SSSR count). The van der Waals surface area contributed by atoms with Crippen LogP contribution in [0.5, 0.6) is 0 Å². The van der Waals surface area contributed by atoms with Gasteiger partial charge in [-0.1, -0.05) is 11.3 Å². The summed E-state index contributed by atoms with van der Waals surface area (Å²) in [5.74, 6) is 0.140. The van der Waals surface area contributed by atoms with E-state index in [2.05, 4.69) is 42.7 Å². The molecule has 3 aromatic heterocycles. The number of nitrogens with two attached hydrogens (primary N) is 1. The van der Waals surface area contributed by atoms with E-state index < -0.39 is 0 Å². The van der Waals surface area contributed by atoms with Crippen molar-refractivity contribution < 1.29 is 35.9 Å². The van der Waals surface area contributed by atoms with Gasteiger partial charge in [-0.2, -0.15) is 5.10 Å². The van der Waals surface area contributed by atoms with Crippen molar-refractivity contribution in [2.24, 2.45) is 0 Å². The Kier molecular flexibility index (Phi) is 8.10. The van der Waals surface area contributed by atoms with E-state index in [1.54, 1.807) is 23.8 Å². The second kappa shape index (κ2) is 10.8. The number of hydrogen-bond donors (Lipinski definition) is 2. The van der Waals surface area contributed by atoms with Gasteiger partial charge in [0.1, 0.15) is 5.65 Å². The van der Waals surface area contributed by atoms with Gasteiger partial charge in [0.15, 0.2) is 0 Å². The summed E-state index contributed by atoms with van der Waals surface area (Å²) in [5.41, 5.74) is 9.15. The van der Waals surface area contributed by atoms with Gasteiger partial charge in [-0.25, -0.2) is 14.6 Å². The molecule has 1 aliphatic heterocycles. The van der Waals surface area contributed by atoms with Crippen molar-refractivity contribution in [3.63, 3.8) is 0 Å². The number of rotatable bonds is 7. The molecule has 3 N–H and O–H groups in total. The molecule has 10 heteroatoms. The Morgan fingerprint density at radius 3 is 2.93 bits per heavy atom. The first-order valence-corrected chi connectivity index (χ1v) is 9.45. The number of hydrogen-bond acceptors (Lipinski definition) is 8. The number of ether oxygens (including phenoxy) is 1. The smallest absolute Gasteiger partial charge is 0.371 e. The van der Waals surface area contributed by atoms with Crippen LogP contribution < -0.4 is 11.1 Å². The van der Waals surface area contributed by atoms with Crippen molar-refractivity contribution in [1.82, 2.24) is 35.3 Å². The summed E-state index contributed by atoms with van der Waals surface area (Å²) >= 11 is 0. The third-order valence-corrected chi connectivity index (χ3v) is 4.51. The zero-order valence-corrected chi connectivity index (χ0v) is 20.8. The van der Waals surface area contributed by atoms with Crippen LogP contribution in [0.1, 0.15) is 30.4 Å². The van der Waals surface area contributed by atoms with Crippen molar-refractivity contribution in [2.45, 2.75) is 32.6 Å². The van der Waals surface area contributed by atoms with Gasteiger partial charge in [-0.05, 0) is 30.8 Å². The largest absolute Gasteiger partial charge is 2.00 e. The van der Waals surface area contributed by atoms with Gasteiger partial charge in [0.25, 0.3) is 0 Å². The predicted molar refractivity (Wildman–Crippen MR) is 107 cm³/mol. The van der Waals surface area contributed by atoms with E-state index in [0.29, 0.717) is 30.0 Å². The molecule has 0 spiro atoms. The normalized spacial score (nSPS) is 16.6. The monoisotopic (exact) mass is 628 g/mol. The van der Waals surface area contributed by atoms with Gasteiger partial charge in [-0.15, -0.1) is 6.92 Å². The summed E-state index contributed by atoms with van der Waals surface area (Å²) in [6.07, 6.45) is 10.6. The minimum atomic E-state index is 0. The molecule has 0 amide bonds. The molecule has 3 aromatic rings. The topological polar surface area (TPSA) is 117 Å². The third kappa shape index (κ3) is 5.52. The molecule has 0 saturated carbocycles. The van der Waals surface area contributed by atoms with Crippen LogP contribution in [0.2, 0.25) is 0 Å². The first kappa shape index (κ1) is 22.6. The average Bonchev–Trinajstić information content (AvgIpc) is 3.37. The molecule has 4 heterocycles. The fourth-order valence-corrected chi connectivity index (χ4v) is 3.11. The minimum Gasteiger partial charge on any atom is -0.371 e. The molecular formula is C20H22N8OU. The first-order chi connectivity index (χ1) is 14.2. The fourth-order valence-electron chi connectivity index (χ4n) is 3.11. The number of fused-ring (bicyclic) bond motifs is 1. The molecule has 30 heavy (non-hydrogen) atoms. The fraction of sp³-hybridized carbons (Fsp3) is 0.350. The van der Waals surface area contributed by atoms with Crippen LogP contribution in [0.4, 0.5) is 5.95 Å². The molecule has 0 radical (unpaired) electrons. The quantitative estimate of drug-likeness (QED) is 0.297. The summed E-state index contributed by atoms with van der Waals surface area (Å²) in [6.45, 7) is 4.60. The predicted octanol–water partition coefficient (Wildman–Crippen LogP) is 1.21. The number of nitrogens with one attached hydrogen (secondary N) is 1. The van der Waals surface area contributed by atoms with Crippen molar-refractivity contribution in [3.05, 3.63) is 59.6 Å². The van der Waals surface area contributed by atoms with Gasteiger partial charge in [0.05, 0.1) is 36.2 Å². The van der Waals surface area contributed by atoms with Crippen LogP contribution in [0.3, 0.4) is 0 Å². The van der Waals surface area contributed by atoms with E-state index in [9.17, 15) is 0 Å². The molecule has 1 aliphatic rings. The van der Waals surface area contributed by atoms with Gasteiger partial charge in [-0.3, -0.25) is 11.1 Å². The molecular weight excluding hydrogens is 606 g/mol. The van der Waals surface area contributed by atoms with E-state index in [-0.39, 0.29) is 43.2 Å². The number of nitrogens with zero attached hydrogens (tertiary/aromatic N) is 6. The first-order valence-electron chi connectivity index (χ1n) is 9.45. The summed E-state index contributed by atoms with van der Waals surface area (Å²) in [6, 6.07) is 5.86. The number of allylic oxidation sites excluding steroid dienone is 3. The second-order valence-corrected chi connectivity index (χ2v) is 6.66. The van der Waals surface area contributed by atoms with Gasteiger partial charge in [0, 0.05) is 6.54 Å². The zero-order valence-electron chi connectivity index (χ0n) is 16.7. The maximum atomic E-state index is 5.91. The van der Waals surface area contributed by atoms with Crippen LogP contribution in [0.15, 0.2) is 30.4 Å². The molecule has 1 atom stereocenters. The molecule has 152 valence electrons. The van der Waals surface area contributed by atoms with Gasteiger partial charge in [0.2, 0.25) is 5.95 Å².